The summed E-state index contributed by atoms with van der Waals surface area (Å²) in [6.45, 7) is 8.13. The summed E-state index contributed by atoms with van der Waals surface area (Å²) >= 11 is 0. The summed E-state index contributed by atoms with van der Waals surface area (Å²) in [5, 5.41) is 11.3. The first-order valence-corrected chi connectivity index (χ1v) is 5.14. The third-order valence-electron chi connectivity index (χ3n) is 1.96. The van der Waals surface area contributed by atoms with Crippen molar-refractivity contribution in [3.8, 4) is 0 Å². The zero-order chi connectivity index (χ0) is 11.0. The molecule has 0 atom stereocenters. The molecule has 0 aliphatic heterocycles. The van der Waals surface area contributed by atoms with Crippen LogP contribution in [0.25, 0.3) is 12.2 Å². The van der Waals surface area contributed by atoms with Crippen molar-refractivity contribution < 1.29 is 5.11 Å². The van der Waals surface area contributed by atoms with E-state index in [0.717, 1.165) is 5.56 Å². The van der Waals surface area contributed by atoms with Gasteiger partial charge in [0.15, 0.2) is 0 Å². The first-order chi connectivity index (χ1) is 6.81. The van der Waals surface area contributed by atoms with E-state index < -0.39 is 0 Å². The Morgan fingerprint density at radius 2 is 1.64 bits per heavy atom. The molecule has 1 aromatic carbocycles. The van der Waals surface area contributed by atoms with Crippen molar-refractivity contribution in [2.45, 2.75) is 34.3 Å². The predicted molar refractivity (Wildman–Crippen MR) is 63.2 cm³/mol. The van der Waals surface area contributed by atoms with Gasteiger partial charge in [0, 0.05) is 0 Å². The van der Waals surface area contributed by atoms with E-state index in [1.54, 1.807) is 0 Å². The largest absolute Gasteiger partial charge is 0.392 e. The normalized spacial score (nSPS) is 12.4. The minimum absolute atomic E-state index is 0.116. The fraction of sp³-hybridized carbons (Fsp3) is 0.385. The summed E-state index contributed by atoms with van der Waals surface area (Å²) in [4.78, 5) is 0. The Balaban J connectivity index is 0.000000791. The first kappa shape index (κ1) is 12.9. The Bertz CT molecular complexity index is 363. The molecule has 0 aliphatic rings. The second kappa shape index (κ2) is 7.34. The van der Waals surface area contributed by atoms with E-state index in [9.17, 15) is 0 Å². The van der Waals surface area contributed by atoms with Gasteiger partial charge >= 0.3 is 0 Å². The van der Waals surface area contributed by atoms with Crippen LogP contribution < -0.4 is 10.4 Å². The molecule has 0 saturated heterocycles. The van der Waals surface area contributed by atoms with E-state index in [-0.39, 0.29) is 6.61 Å². The van der Waals surface area contributed by atoms with Crippen LogP contribution in [0.3, 0.4) is 0 Å². The second-order valence-electron chi connectivity index (χ2n) is 2.70. The van der Waals surface area contributed by atoms with Gasteiger partial charge in [-0.3, -0.25) is 0 Å². The van der Waals surface area contributed by atoms with E-state index in [1.165, 1.54) is 10.4 Å². The number of aliphatic hydroxyl groups excluding tert-OH is 1. The zero-order valence-corrected chi connectivity index (χ0v) is 9.54. The van der Waals surface area contributed by atoms with Crippen molar-refractivity contribution in [2.75, 3.05) is 0 Å². The van der Waals surface area contributed by atoms with Crippen LogP contribution >= 0.6 is 0 Å². The van der Waals surface area contributed by atoms with Crippen LogP contribution in [0.2, 0.25) is 0 Å². The summed E-state index contributed by atoms with van der Waals surface area (Å²) in [5.74, 6) is 0. The van der Waals surface area contributed by atoms with Gasteiger partial charge in [-0.05, 0) is 35.9 Å². The molecule has 0 aliphatic carbocycles. The molecule has 0 aromatic heterocycles. The van der Waals surface area contributed by atoms with E-state index in [0.29, 0.717) is 0 Å². The van der Waals surface area contributed by atoms with Crippen molar-refractivity contribution >= 4 is 12.2 Å². The van der Waals surface area contributed by atoms with Crippen LogP contribution in [0.15, 0.2) is 18.2 Å². The quantitative estimate of drug-likeness (QED) is 0.719. The third-order valence-corrected chi connectivity index (χ3v) is 1.96. The van der Waals surface area contributed by atoms with Gasteiger partial charge in [-0.15, -0.1) is 0 Å². The molecular weight excluding hydrogens is 172 g/mol. The fourth-order valence-corrected chi connectivity index (χ4v) is 1.24. The highest BCUT2D eigenvalue weighted by molar-refractivity contribution is 5.31. The topological polar surface area (TPSA) is 20.2 Å². The van der Waals surface area contributed by atoms with Gasteiger partial charge in [-0.25, -0.2) is 0 Å². The number of rotatable bonds is 1. The lowest BCUT2D eigenvalue weighted by Crippen LogP contribution is -2.23. The maximum atomic E-state index is 8.90. The van der Waals surface area contributed by atoms with Gasteiger partial charge in [0.25, 0.3) is 0 Å². The Labute approximate surface area is 86.4 Å². The molecule has 0 amide bonds. The van der Waals surface area contributed by atoms with E-state index in [1.807, 2.05) is 45.9 Å². The lowest BCUT2D eigenvalue weighted by atomic mass is 10.1. The van der Waals surface area contributed by atoms with Crippen molar-refractivity contribution in [3.63, 3.8) is 0 Å². The van der Waals surface area contributed by atoms with Gasteiger partial charge in [0.05, 0.1) is 6.61 Å². The molecule has 1 rings (SSSR count). The van der Waals surface area contributed by atoms with Crippen LogP contribution in [0.5, 0.6) is 0 Å². The Morgan fingerprint density at radius 3 is 2.07 bits per heavy atom. The molecule has 78 valence electrons. The fourth-order valence-electron chi connectivity index (χ4n) is 1.24. The predicted octanol–water partition coefficient (Wildman–Crippen LogP) is 1.81. The molecular formula is C13H20O. The summed E-state index contributed by atoms with van der Waals surface area (Å²) in [7, 11) is 0. The Morgan fingerprint density at radius 1 is 1.07 bits per heavy atom. The number of aliphatic hydroxyl groups is 1. The van der Waals surface area contributed by atoms with E-state index in [4.69, 9.17) is 5.11 Å². The average molecular weight is 192 g/mol. The second-order valence-corrected chi connectivity index (χ2v) is 2.70. The maximum Gasteiger partial charge on any atom is 0.0682 e. The summed E-state index contributed by atoms with van der Waals surface area (Å²) in [6.07, 6.45) is 4.12. The Hall–Kier alpha value is -1.08. The molecule has 0 fully saturated rings. The first-order valence-electron chi connectivity index (χ1n) is 5.14. The summed E-state index contributed by atoms with van der Waals surface area (Å²) < 4.78 is 0. The molecule has 0 radical (unpaired) electrons. The number of hydrogen-bond donors (Lipinski definition) is 1. The Kier molecular flexibility index (Phi) is 6.77. The molecule has 0 unspecified atom stereocenters. The van der Waals surface area contributed by atoms with Crippen LogP contribution in [0.1, 0.15) is 33.3 Å². The summed E-state index contributed by atoms with van der Waals surface area (Å²) in [6, 6.07) is 5.98. The highest BCUT2D eigenvalue weighted by Crippen LogP contribution is 1.90. The lowest BCUT2D eigenvalue weighted by Gasteiger charge is -1.95. The molecule has 1 N–H and O–H groups in total. The molecule has 1 aromatic rings. The summed E-state index contributed by atoms with van der Waals surface area (Å²) in [5.41, 5.74) is 0.966. The molecule has 0 heterocycles. The van der Waals surface area contributed by atoms with Crippen molar-refractivity contribution in [1.82, 2.24) is 0 Å². The van der Waals surface area contributed by atoms with Crippen molar-refractivity contribution in [3.05, 3.63) is 34.2 Å². The van der Waals surface area contributed by atoms with Gasteiger partial charge in [-0.1, -0.05) is 38.1 Å². The van der Waals surface area contributed by atoms with E-state index >= 15 is 0 Å². The number of hydrogen-bond acceptors (Lipinski definition) is 1. The van der Waals surface area contributed by atoms with Gasteiger partial charge < -0.3 is 5.11 Å². The van der Waals surface area contributed by atoms with Crippen LogP contribution in [-0.4, -0.2) is 5.11 Å². The molecule has 0 bridgehead atoms. The standard InChI is InChI=1S/C11H14O.C2H6/c1-3-10-6-5-9(8-12)7-11(10)4-2;1-2/h3-7,12H,8H2,1-2H3;1-2H3/b10-3-,11-4-;. The minimum Gasteiger partial charge on any atom is -0.392 e. The molecule has 1 heteroatoms. The highest BCUT2D eigenvalue weighted by Gasteiger charge is 1.88. The van der Waals surface area contributed by atoms with Gasteiger partial charge in [0.2, 0.25) is 0 Å². The van der Waals surface area contributed by atoms with E-state index in [2.05, 4.69) is 12.2 Å². The molecule has 0 spiro atoms. The SMILES string of the molecule is C/C=c1/ccc(CO)c/c1=C/C.CC. The third kappa shape index (κ3) is 3.35. The molecule has 1 nitrogen and oxygen atoms in total. The smallest absolute Gasteiger partial charge is 0.0682 e. The van der Waals surface area contributed by atoms with Crippen LogP contribution in [0.4, 0.5) is 0 Å². The van der Waals surface area contributed by atoms with Crippen LogP contribution in [0, 0.1) is 0 Å². The molecule has 0 saturated carbocycles. The maximum absolute atomic E-state index is 8.90. The van der Waals surface area contributed by atoms with Gasteiger partial charge in [-0.2, -0.15) is 0 Å². The zero-order valence-electron chi connectivity index (χ0n) is 9.54. The van der Waals surface area contributed by atoms with Crippen molar-refractivity contribution in [2.24, 2.45) is 0 Å². The van der Waals surface area contributed by atoms with Crippen molar-refractivity contribution in [1.29, 1.82) is 0 Å². The lowest BCUT2D eigenvalue weighted by molar-refractivity contribution is 0.281. The minimum atomic E-state index is 0.116. The number of benzene rings is 1. The molecule has 14 heavy (non-hydrogen) atoms. The highest BCUT2D eigenvalue weighted by atomic mass is 16.3. The van der Waals surface area contributed by atoms with Gasteiger partial charge in [0.1, 0.15) is 0 Å². The average Bonchev–Trinajstić information content (AvgIpc) is 2.30. The van der Waals surface area contributed by atoms with Crippen LogP contribution in [-0.2, 0) is 6.61 Å². The monoisotopic (exact) mass is 192 g/mol.